The summed E-state index contributed by atoms with van der Waals surface area (Å²) in [5.74, 6) is -0.796. The Morgan fingerprint density at radius 1 is 1.12 bits per heavy atom. The van der Waals surface area contributed by atoms with Gasteiger partial charge in [-0.3, -0.25) is 4.79 Å². The number of fused-ring (bicyclic) bond motifs is 1. The average molecular weight is 492 g/mol. The van der Waals surface area contributed by atoms with E-state index in [1.807, 2.05) is 4.90 Å². The predicted molar refractivity (Wildman–Crippen MR) is 125 cm³/mol. The average Bonchev–Trinajstić information content (AvgIpc) is 3.16. The van der Waals surface area contributed by atoms with Gasteiger partial charge in [0.1, 0.15) is 12.1 Å². The van der Waals surface area contributed by atoms with Gasteiger partial charge < -0.3 is 19.2 Å². The van der Waals surface area contributed by atoms with Gasteiger partial charge in [0.2, 0.25) is 0 Å². The summed E-state index contributed by atoms with van der Waals surface area (Å²) in [6.07, 6.45) is 3.53. The zero-order valence-electron chi connectivity index (χ0n) is 18.2. The maximum atomic E-state index is 13.7. The molecule has 10 heteroatoms. The predicted octanol–water partition coefficient (Wildman–Crippen LogP) is 3.56. The van der Waals surface area contributed by atoms with Gasteiger partial charge in [0.05, 0.1) is 27.7 Å². The van der Waals surface area contributed by atoms with E-state index >= 15 is 0 Å². The van der Waals surface area contributed by atoms with Crippen molar-refractivity contribution in [3.8, 4) is 0 Å². The molecule has 1 saturated heterocycles. The summed E-state index contributed by atoms with van der Waals surface area (Å²) in [6.45, 7) is 3.26. The van der Waals surface area contributed by atoms with Gasteiger partial charge >= 0.3 is 0 Å². The van der Waals surface area contributed by atoms with Crippen molar-refractivity contribution in [3.63, 3.8) is 0 Å². The number of carbonyl (C=O) groups is 2. The molecule has 0 aliphatic carbocycles. The molecule has 0 radical (unpaired) electrons. The Morgan fingerprint density at radius 3 is 2.45 bits per heavy atom. The molecule has 0 saturated carbocycles. The van der Waals surface area contributed by atoms with Gasteiger partial charge in [0, 0.05) is 49.0 Å². The minimum absolute atomic E-state index is 0.0647. The molecule has 7 nitrogen and oxygen atoms in total. The molecule has 0 spiro atoms. The number of amides is 1. The van der Waals surface area contributed by atoms with Crippen LogP contribution in [-0.2, 0) is 14.6 Å². The lowest BCUT2D eigenvalue weighted by Crippen LogP contribution is -2.49. The molecule has 1 unspecified atom stereocenters. The molecule has 4 rings (SSSR count). The highest BCUT2D eigenvalue weighted by Gasteiger charge is 2.28. The zero-order chi connectivity index (χ0) is 23.9. The van der Waals surface area contributed by atoms with Crippen LogP contribution in [0.1, 0.15) is 23.3 Å². The van der Waals surface area contributed by atoms with Crippen LogP contribution in [0.4, 0.5) is 10.1 Å². The highest BCUT2D eigenvalue weighted by Crippen LogP contribution is 2.30. The number of nitrogens with zero attached hydrogens (tertiary/aromatic N) is 3. The van der Waals surface area contributed by atoms with Crippen LogP contribution in [0.2, 0.25) is 5.02 Å². The van der Waals surface area contributed by atoms with Crippen molar-refractivity contribution in [2.24, 2.45) is 0 Å². The number of aldehydes is 1. The third-order valence-electron chi connectivity index (χ3n) is 5.89. The van der Waals surface area contributed by atoms with Gasteiger partial charge in [-0.05, 0) is 37.3 Å². The van der Waals surface area contributed by atoms with Gasteiger partial charge in [0.25, 0.3) is 5.91 Å². The first kappa shape index (κ1) is 23.3. The summed E-state index contributed by atoms with van der Waals surface area (Å²) >= 11 is 6.14. The quantitative estimate of drug-likeness (QED) is 0.510. The van der Waals surface area contributed by atoms with Gasteiger partial charge in [-0.2, -0.15) is 0 Å². The fourth-order valence-electron chi connectivity index (χ4n) is 4.16. The van der Waals surface area contributed by atoms with Crippen LogP contribution in [-0.4, -0.2) is 62.5 Å². The van der Waals surface area contributed by atoms with Crippen molar-refractivity contribution in [2.45, 2.75) is 17.9 Å². The van der Waals surface area contributed by atoms with E-state index in [0.29, 0.717) is 53.4 Å². The number of carbonyl (C=O) groups excluding carboxylic acids is 2. The molecule has 1 aliphatic heterocycles. The monoisotopic (exact) mass is 491 g/mol. The number of rotatable bonds is 5. The van der Waals surface area contributed by atoms with Crippen molar-refractivity contribution in [1.29, 1.82) is 0 Å². The minimum atomic E-state index is -3.62. The van der Waals surface area contributed by atoms with Crippen molar-refractivity contribution < 1.29 is 22.4 Å². The Labute approximate surface area is 196 Å². The Morgan fingerprint density at radius 2 is 1.82 bits per heavy atom. The number of benzene rings is 2. The maximum absolute atomic E-state index is 13.7. The molecule has 2 heterocycles. The van der Waals surface area contributed by atoms with Crippen LogP contribution in [0.15, 0.2) is 47.5 Å². The van der Waals surface area contributed by atoms with Crippen molar-refractivity contribution in [1.82, 2.24) is 9.47 Å². The Balaban J connectivity index is 1.59. The molecule has 3 aromatic rings. The highest BCUT2D eigenvalue weighted by atomic mass is 35.5. The smallest absolute Gasteiger partial charge is 0.256 e. The molecule has 33 heavy (non-hydrogen) atoms. The third-order valence-corrected chi connectivity index (χ3v) is 7.25. The molecule has 1 amide bonds. The summed E-state index contributed by atoms with van der Waals surface area (Å²) in [5, 5.41) is 1.21. The lowest BCUT2D eigenvalue weighted by molar-refractivity contribution is -0.110. The molecule has 2 aromatic carbocycles. The normalized spacial score (nSPS) is 15.6. The number of hydrogen-bond acceptors (Lipinski definition) is 5. The molecule has 1 aromatic heterocycles. The number of halogens is 2. The third kappa shape index (κ3) is 4.47. The van der Waals surface area contributed by atoms with Crippen LogP contribution in [0.5, 0.6) is 0 Å². The molecule has 1 atom stereocenters. The number of sulfone groups is 1. The van der Waals surface area contributed by atoms with Crippen LogP contribution in [0.25, 0.3) is 10.9 Å². The van der Waals surface area contributed by atoms with E-state index in [4.69, 9.17) is 11.6 Å². The van der Waals surface area contributed by atoms with E-state index < -0.39 is 21.7 Å². The Kier molecular flexibility index (Phi) is 6.20. The summed E-state index contributed by atoms with van der Waals surface area (Å²) in [5.41, 5.74) is 1.60. The minimum Gasteiger partial charge on any atom is -0.367 e. The summed E-state index contributed by atoms with van der Waals surface area (Å²) in [4.78, 5) is 28.2. The molecule has 1 aliphatic rings. The summed E-state index contributed by atoms with van der Waals surface area (Å²) in [7, 11) is -3.62. The van der Waals surface area contributed by atoms with E-state index in [0.717, 1.165) is 18.6 Å². The number of anilines is 1. The maximum Gasteiger partial charge on any atom is 0.256 e. The van der Waals surface area contributed by atoms with Crippen LogP contribution in [0, 0.1) is 5.82 Å². The topological polar surface area (TPSA) is 79.7 Å². The Bertz CT molecular complexity index is 1350. The lowest BCUT2D eigenvalue weighted by atomic mass is 10.1. The molecular weight excluding hydrogens is 469 g/mol. The van der Waals surface area contributed by atoms with Gasteiger partial charge in [0.15, 0.2) is 9.84 Å². The molecule has 0 bridgehead atoms. The largest absolute Gasteiger partial charge is 0.367 e. The first-order valence-corrected chi connectivity index (χ1v) is 12.7. The van der Waals surface area contributed by atoms with Gasteiger partial charge in [-0.25, -0.2) is 12.8 Å². The lowest BCUT2D eigenvalue weighted by Gasteiger charge is -2.36. The number of hydrogen-bond donors (Lipinski definition) is 0. The Hall–Kier alpha value is -2.91. The van der Waals surface area contributed by atoms with Crippen molar-refractivity contribution >= 4 is 50.2 Å². The van der Waals surface area contributed by atoms with E-state index in [-0.39, 0.29) is 10.8 Å². The summed E-state index contributed by atoms with van der Waals surface area (Å²) < 4.78 is 39.7. The summed E-state index contributed by atoms with van der Waals surface area (Å²) in [6, 6.07) is 8.46. The highest BCUT2D eigenvalue weighted by molar-refractivity contribution is 7.90. The van der Waals surface area contributed by atoms with E-state index in [1.165, 1.54) is 12.1 Å². The fraction of sp³-hybridized carbons (Fsp3) is 0.304. The van der Waals surface area contributed by atoms with Gasteiger partial charge in [-0.15, -0.1) is 0 Å². The second-order valence-corrected chi connectivity index (χ2v) is 10.6. The first-order valence-electron chi connectivity index (χ1n) is 10.4. The molecule has 0 N–H and O–H groups in total. The number of aromatic nitrogens is 1. The zero-order valence-corrected chi connectivity index (χ0v) is 19.7. The SMILES string of the molecule is CC(C=O)n1cc(C(=O)N2CCN(c3ccc(F)cc3S(C)(=O)=O)CC2)c2ccc(Cl)cc21. The van der Waals surface area contributed by atoms with Crippen LogP contribution >= 0.6 is 11.6 Å². The standard InChI is InChI=1S/C23H23ClFN3O4S/c1-15(14-29)28-13-19(18-5-3-16(24)11-21(18)28)23(30)27-9-7-26(8-10-27)20-6-4-17(25)12-22(20)33(2,31)32/h3-6,11-15H,7-10H2,1-2H3. The van der Waals surface area contributed by atoms with Gasteiger partial charge in [-0.1, -0.05) is 17.7 Å². The second-order valence-electron chi connectivity index (χ2n) is 8.15. The number of piperazine rings is 1. The van der Waals surface area contributed by atoms with E-state index in [1.54, 1.807) is 40.8 Å². The van der Waals surface area contributed by atoms with Crippen molar-refractivity contribution in [2.75, 3.05) is 37.3 Å². The van der Waals surface area contributed by atoms with Crippen LogP contribution < -0.4 is 4.90 Å². The fourth-order valence-corrected chi connectivity index (χ4v) is 5.23. The molecule has 1 fully saturated rings. The first-order chi connectivity index (χ1) is 15.6. The second kappa shape index (κ2) is 8.79. The van der Waals surface area contributed by atoms with E-state index in [9.17, 15) is 22.4 Å². The van der Waals surface area contributed by atoms with Crippen LogP contribution in [0.3, 0.4) is 0 Å². The molecular formula is C23H23ClFN3O4S. The molecule has 174 valence electrons. The van der Waals surface area contributed by atoms with E-state index in [2.05, 4.69) is 0 Å². The van der Waals surface area contributed by atoms with Crippen molar-refractivity contribution in [3.05, 3.63) is 59.0 Å².